The molecule has 4 rings (SSSR count). The van der Waals surface area contributed by atoms with Crippen LogP contribution in [0.4, 0.5) is 15.8 Å². The molecule has 0 spiro atoms. The highest BCUT2D eigenvalue weighted by atomic mass is 79.9. The number of hydrogen-bond donors (Lipinski definition) is 1. The van der Waals surface area contributed by atoms with Crippen LogP contribution in [-0.4, -0.2) is 28.9 Å². The highest BCUT2D eigenvalue weighted by Gasteiger charge is 2.27. The SMILES string of the molecule is Cc1c(Cl)ncc(C(=O)N2CCC(c3ccc(F)cc3)CC2)c1Nc1ccc(Br)cc1. The average Bonchev–Trinajstić information content (AvgIpc) is 2.79. The van der Waals surface area contributed by atoms with Crippen LogP contribution in [0.5, 0.6) is 0 Å². The van der Waals surface area contributed by atoms with Gasteiger partial charge in [-0.2, -0.15) is 0 Å². The van der Waals surface area contributed by atoms with Crippen LogP contribution in [0.1, 0.15) is 40.2 Å². The summed E-state index contributed by atoms with van der Waals surface area (Å²) in [6.07, 6.45) is 3.23. The van der Waals surface area contributed by atoms with Crippen molar-refractivity contribution in [3.05, 3.63) is 86.9 Å². The normalized spacial score (nSPS) is 14.5. The van der Waals surface area contributed by atoms with Gasteiger partial charge in [0.25, 0.3) is 5.91 Å². The molecule has 1 fully saturated rings. The standard InChI is InChI=1S/C24H22BrClFN3O/c1-15-22(29-20-8-4-18(25)5-9-20)21(14-28-23(15)26)24(31)30-12-10-17(11-13-30)16-2-6-19(27)7-3-16/h2-9,14,17H,10-13H2,1H3,(H,28,29). The summed E-state index contributed by atoms with van der Waals surface area (Å²) in [4.78, 5) is 19.4. The van der Waals surface area contributed by atoms with Crippen molar-refractivity contribution < 1.29 is 9.18 Å². The number of nitrogens with one attached hydrogen (secondary N) is 1. The van der Waals surface area contributed by atoms with Crippen LogP contribution in [0.2, 0.25) is 5.15 Å². The molecule has 2 aromatic carbocycles. The molecule has 1 N–H and O–H groups in total. The van der Waals surface area contributed by atoms with Gasteiger partial charge in [-0.3, -0.25) is 4.79 Å². The Morgan fingerprint density at radius 1 is 1.13 bits per heavy atom. The molecule has 7 heteroatoms. The maximum Gasteiger partial charge on any atom is 0.257 e. The summed E-state index contributed by atoms with van der Waals surface area (Å²) in [5, 5.41) is 3.71. The highest BCUT2D eigenvalue weighted by Crippen LogP contribution is 2.33. The summed E-state index contributed by atoms with van der Waals surface area (Å²) in [5.41, 5.74) is 3.89. The van der Waals surface area contributed by atoms with E-state index in [9.17, 15) is 9.18 Å². The van der Waals surface area contributed by atoms with Gasteiger partial charge in [0.1, 0.15) is 11.0 Å². The van der Waals surface area contributed by atoms with Gasteiger partial charge in [-0.05, 0) is 67.6 Å². The van der Waals surface area contributed by atoms with Gasteiger partial charge in [0.2, 0.25) is 0 Å². The lowest BCUT2D eigenvalue weighted by molar-refractivity contribution is 0.0713. The average molecular weight is 503 g/mol. The second kappa shape index (κ2) is 9.37. The second-order valence-electron chi connectivity index (χ2n) is 7.71. The lowest BCUT2D eigenvalue weighted by atomic mass is 9.89. The number of benzene rings is 2. The van der Waals surface area contributed by atoms with Crippen molar-refractivity contribution in [3.63, 3.8) is 0 Å². The van der Waals surface area contributed by atoms with E-state index < -0.39 is 0 Å². The van der Waals surface area contributed by atoms with Gasteiger partial charge in [0, 0.05) is 35.0 Å². The Morgan fingerprint density at radius 2 is 1.77 bits per heavy atom. The van der Waals surface area contributed by atoms with Crippen LogP contribution in [0.3, 0.4) is 0 Å². The molecule has 0 saturated carbocycles. The Hall–Kier alpha value is -2.44. The molecule has 0 bridgehead atoms. The molecule has 1 aromatic heterocycles. The number of rotatable bonds is 4. The molecule has 2 heterocycles. The number of piperidine rings is 1. The molecule has 160 valence electrons. The predicted octanol–water partition coefficient (Wildman–Crippen LogP) is 6.71. The molecule has 0 radical (unpaired) electrons. The molecule has 0 unspecified atom stereocenters. The van der Waals surface area contributed by atoms with Crippen LogP contribution >= 0.6 is 27.5 Å². The summed E-state index contributed by atoms with van der Waals surface area (Å²) < 4.78 is 14.2. The smallest absolute Gasteiger partial charge is 0.257 e. The summed E-state index contributed by atoms with van der Waals surface area (Å²) in [5.74, 6) is 0.0345. The van der Waals surface area contributed by atoms with Gasteiger partial charge in [0.05, 0.1) is 11.3 Å². The Labute approximate surface area is 194 Å². The maximum absolute atomic E-state index is 13.4. The first-order chi connectivity index (χ1) is 14.9. The van der Waals surface area contributed by atoms with E-state index in [0.29, 0.717) is 35.4 Å². The summed E-state index contributed by atoms with van der Waals surface area (Å²) in [6.45, 7) is 3.13. The van der Waals surface area contributed by atoms with Gasteiger partial charge in [-0.15, -0.1) is 0 Å². The van der Waals surface area contributed by atoms with E-state index in [-0.39, 0.29) is 11.7 Å². The number of aromatic nitrogens is 1. The van der Waals surface area contributed by atoms with Gasteiger partial charge in [-0.25, -0.2) is 9.37 Å². The Bertz CT molecular complexity index is 1080. The van der Waals surface area contributed by atoms with E-state index in [1.807, 2.05) is 48.2 Å². The first-order valence-corrected chi connectivity index (χ1v) is 11.3. The molecule has 0 atom stereocenters. The van der Waals surface area contributed by atoms with Crippen LogP contribution in [-0.2, 0) is 0 Å². The number of carbonyl (C=O) groups is 1. The van der Waals surface area contributed by atoms with E-state index in [2.05, 4.69) is 26.2 Å². The Balaban J connectivity index is 1.52. The quantitative estimate of drug-likeness (QED) is 0.403. The van der Waals surface area contributed by atoms with Crippen molar-refractivity contribution in [1.29, 1.82) is 0 Å². The van der Waals surface area contributed by atoms with Crippen molar-refractivity contribution in [2.75, 3.05) is 18.4 Å². The second-order valence-corrected chi connectivity index (χ2v) is 8.99. The van der Waals surface area contributed by atoms with Gasteiger partial charge < -0.3 is 10.2 Å². The molecule has 0 aliphatic carbocycles. The molecule has 1 saturated heterocycles. The zero-order valence-corrected chi connectivity index (χ0v) is 19.4. The lowest BCUT2D eigenvalue weighted by Gasteiger charge is -2.33. The summed E-state index contributed by atoms with van der Waals surface area (Å²) in [6, 6.07) is 14.4. The number of halogens is 3. The van der Waals surface area contributed by atoms with Gasteiger partial charge in [0.15, 0.2) is 0 Å². The van der Waals surface area contributed by atoms with Gasteiger partial charge >= 0.3 is 0 Å². The topological polar surface area (TPSA) is 45.2 Å². The maximum atomic E-state index is 13.4. The zero-order chi connectivity index (χ0) is 22.0. The van der Waals surface area contributed by atoms with Crippen molar-refractivity contribution in [1.82, 2.24) is 9.88 Å². The summed E-state index contributed by atoms with van der Waals surface area (Å²) >= 11 is 9.69. The third kappa shape index (κ3) is 4.91. The molecule has 1 aliphatic heterocycles. The first kappa shape index (κ1) is 21.8. The van der Waals surface area contributed by atoms with Crippen LogP contribution in [0, 0.1) is 12.7 Å². The minimum atomic E-state index is -0.229. The van der Waals surface area contributed by atoms with E-state index >= 15 is 0 Å². The van der Waals surface area contributed by atoms with Crippen molar-refractivity contribution in [2.24, 2.45) is 0 Å². The molecular weight excluding hydrogens is 481 g/mol. The third-order valence-electron chi connectivity index (χ3n) is 5.73. The first-order valence-electron chi connectivity index (χ1n) is 10.1. The van der Waals surface area contributed by atoms with Crippen LogP contribution in [0.25, 0.3) is 0 Å². The van der Waals surface area contributed by atoms with Crippen LogP contribution < -0.4 is 5.32 Å². The third-order valence-corrected chi connectivity index (χ3v) is 6.64. The van der Waals surface area contributed by atoms with E-state index in [0.717, 1.165) is 34.1 Å². The number of anilines is 2. The number of nitrogens with zero attached hydrogens (tertiary/aromatic N) is 2. The number of pyridine rings is 1. The molecule has 1 aliphatic rings. The van der Waals surface area contributed by atoms with Crippen LogP contribution in [0.15, 0.2) is 59.2 Å². The van der Waals surface area contributed by atoms with E-state index in [1.54, 1.807) is 6.20 Å². The van der Waals surface area contributed by atoms with E-state index in [4.69, 9.17) is 11.6 Å². The molecule has 4 nitrogen and oxygen atoms in total. The number of carbonyl (C=O) groups excluding carboxylic acids is 1. The fourth-order valence-corrected chi connectivity index (χ4v) is 4.32. The fourth-order valence-electron chi connectivity index (χ4n) is 3.91. The molecule has 1 amide bonds. The number of likely N-dealkylation sites (tertiary alicyclic amines) is 1. The highest BCUT2D eigenvalue weighted by molar-refractivity contribution is 9.10. The van der Waals surface area contributed by atoms with Gasteiger partial charge in [-0.1, -0.05) is 39.7 Å². The predicted molar refractivity (Wildman–Crippen MR) is 126 cm³/mol. The molecule has 3 aromatic rings. The fraction of sp³-hybridized carbons (Fsp3) is 0.250. The summed E-state index contributed by atoms with van der Waals surface area (Å²) in [7, 11) is 0. The molecule has 31 heavy (non-hydrogen) atoms. The zero-order valence-electron chi connectivity index (χ0n) is 17.0. The number of hydrogen-bond acceptors (Lipinski definition) is 3. The lowest BCUT2D eigenvalue weighted by Crippen LogP contribution is -2.38. The van der Waals surface area contributed by atoms with Crippen molar-refractivity contribution >= 4 is 44.8 Å². The van der Waals surface area contributed by atoms with Crippen molar-refractivity contribution in [3.8, 4) is 0 Å². The van der Waals surface area contributed by atoms with Crippen molar-refractivity contribution in [2.45, 2.75) is 25.7 Å². The Kier molecular flexibility index (Phi) is 6.58. The monoisotopic (exact) mass is 501 g/mol. The molecular formula is C24H22BrClFN3O. The minimum absolute atomic E-state index is 0.0653. The minimum Gasteiger partial charge on any atom is -0.355 e. The number of amides is 1. The van der Waals surface area contributed by atoms with E-state index in [1.165, 1.54) is 12.1 Å². The largest absolute Gasteiger partial charge is 0.355 e. The Morgan fingerprint density at radius 3 is 2.42 bits per heavy atom.